The van der Waals surface area contributed by atoms with E-state index in [4.69, 9.17) is 15.2 Å². The second kappa shape index (κ2) is 6.21. The van der Waals surface area contributed by atoms with Gasteiger partial charge in [0, 0.05) is 31.3 Å². The molecule has 17 heavy (non-hydrogen) atoms. The van der Waals surface area contributed by atoms with Crippen LogP contribution in [0, 0.1) is 0 Å². The first-order valence-electron chi connectivity index (χ1n) is 6.20. The molecule has 0 aromatic heterocycles. The SMILES string of the molecule is CC(C)(C)N(C(=O)OCCN)C1CCOCC1. The van der Waals surface area contributed by atoms with Crippen molar-refractivity contribution in [2.75, 3.05) is 26.4 Å². The topological polar surface area (TPSA) is 64.8 Å². The number of nitrogens with zero attached hydrogens (tertiary/aromatic N) is 1. The van der Waals surface area contributed by atoms with Gasteiger partial charge in [0.25, 0.3) is 0 Å². The molecular weight excluding hydrogens is 220 g/mol. The highest BCUT2D eigenvalue weighted by atomic mass is 16.6. The molecule has 0 aromatic carbocycles. The van der Waals surface area contributed by atoms with Crippen molar-refractivity contribution in [2.45, 2.75) is 45.2 Å². The summed E-state index contributed by atoms with van der Waals surface area (Å²) in [5.74, 6) is 0. The number of carbonyl (C=O) groups is 1. The zero-order chi connectivity index (χ0) is 12.9. The Hall–Kier alpha value is -0.810. The first kappa shape index (κ1) is 14.3. The Morgan fingerprint density at radius 1 is 1.41 bits per heavy atom. The summed E-state index contributed by atoms with van der Waals surface area (Å²) in [6.07, 6.45) is 1.47. The first-order valence-corrected chi connectivity index (χ1v) is 6.20. The van der Waals surface area contributed by atoms with Crippen LogP contribution >= 0.6 is 0 Å². The summed E-state index contributed by atoms with van der Waals surface area (Å²) in [6, 6.07) is 0.203. The largest absolute Gasteiger partial charge is 0.448 e. The molecule has 0 saturated carbocycles. The number of hydrogen-bond acceptors (Lipinski definition) is 4. The second-order valence-electron chi connectivity index (χ2n) is 5.29. The Balaban J connectivity index is 2.69. The Bertz CT molecular complexity index is 245. The highest BCUT2D eigenvalue weighted by Gasteiger charge is 2.35. The second-order valence-corrected chi connectivity index (χ2v) is 5.29. The van der Waals surface area contributed by atoms with Gasteiger partial charge in [-0.3, -0.25) is 0 Å². The van der Waals surface area contributed by atoms with Crippen LogP contribution in [-0.2, 0) is 9.47 Å². The lowest BCUT2D eigenvalue weighted by Crippen LogP contribution is -2.53. The average Bonchev–Trinajstić information content (AvgIpc) is 2.26. The molecule has 1 heterocycles. The summed E-state index contributed by atoms with van der Waals surface area (Å²) in [5, 5.41) is 0. The minimum atomic E-state index is -0.269. The highest BCUT2D eigenvalue weighted by Crippen LogP contribution is 2.24. The van der Waals surface area contributed by atoms with Crippen LogP contribution in [0.15, 0.2) is 0 Å². The third-order valence-electron chi connectivity index (χ3n) is 2.82. The van der Waals surface area contributed by atoms with E-state index in [0.29, 0.717) is 19.8 Å². The van der Waals surface area contributed by atoms with Crippen LogP contribution in [0.5, 0.6) is 0 Å². The van der Waals surface area contributed by atoms with Crippen molar-refractivity contribution in [3.8, 4) is 0 Å². The van der Waals surface area contributed by atoms with Crippen molar-refractivity contribution in [2.24, 2.45) is 5.73 Å². The average molecular weight is 244 g/mol. The van der Waals surface area contributed by atoms with Crippen LogP contribution in [0.1, 0.15) is 33.6 Å². The van der Waals surface area contributed by atoms with Gasteiger partial charge in [-0.25, -0.2) is 4.79 Å². The monoisotopic (exact) mass is 244 g/mol. The summed E-state index contributed by atoms with van der Waals surface area (Å²) in [7, 11) is 0. The van der Waals surface area contributed by atoms with Crippen LogP contribution in [0.4, 0.5) is 4.79 Å². The molecule has 0 spiro atoms. The molecule has 0 unspecified atom stereocenters. The maximum atomic E-state index is 12.1. The lowest BCUT2D eigenvalue weighted by molar-refractivity contribution is -0.00406. The van der Waals surface area contributed by atoms with Gasteiger partial charge in [0.15, 0.2) is 0 Å². The number of ether oxygens (including phenoxy) is 2. The predicted molar refractivity (Wildman–Crippen MR) is 65.8 cm³/mol. The lowest BCUT2D eigenvalue weighted by Gasteiger charge is -2.42. The molecule has 1 amide bonds. The normalized spacial score (nSPS) is 17.9. The molecule has 5 heteroatoms. The molecule has 1 saturated heterocycles. The van der Waals surface area contributed by atoms with Gasteiger partial charge >= 0.3 is 6.09 Å². The van der Waals surface area contributed by atoms with Crippen molar-refractivity contribution >= 4 is 6.09 Å². The van der Waals surface area contributed by atoms with Gasteiger partial charge in [-0.2, -0.15) is 0 Å². The number of nitrogens with two attached hydrogens (primary N) is 1. The van der Waals surface area contributed by atoms with E-state index in [1.54, 1.807) is 0 Å². The third kappa shape index (κ3) is 4.16. The standard InChI is InChI=1S/C12H24N2O3/c1-12(2,3)14(11(15)17-9-6-13)10-4-7-16-8-5-10/h10H,4-9,13H2,1-3H3. The Labute approximate surface area is 103 Å². The molecule has 0 aromatic rings. The fourth-order valence-electron chi connectivity index (χ4n) is 2.13. The van der Waals surface area contributed by atoms with Gasteiger partial charge in [-0.05, 0) is 33.6 Å². The van der Waals surface area contributed by atoms with Crippen LogP contribution in [-0.4, -0.2) is 48.9 Å². The molecule has 1 aliphatic heterocycles. The van der Waals surface area contributed by atoms with Crippen molar-refractivity contribution in [1.82, 2.24) is 4.90 Å². The third-order valence-corrected chi connectivity index (χ3v) is 2.82. The van der Waals surface area contributed by atoms with Crippen LogP contribution in [0.3, 0.4) is 0 Å². The number of amides is 1. The molecule has 0 radical (unpaired) electrons. The summed E-state index contributed by atoms with van der Waals surface area (Å²) < 4.78 is 10.5. The fourth-order valence-corrected chi connectivity index (χ4v) is 2.13. The molecule has 5 nitrogen and oxygen atoms in total. The molecule has 0 bridgehead atoms. The van der Waals surface area contributed by atoms with Crippen LogP contribution in [0.2, 0.25) is 0 Å². The molecule has 1 fully saturated rings. The van der Waals surface area contributed by atoms with E-state index in [1.165, 1.54) is 0 Å². The van der Waals surface area contributed by atoms with Crippen LogP contribution < -0.4 is 5.73 Å². The zero-order valence-corrected chi connectivity index (χ0v) is 11.1. The predicted octanol–water partition coefficient (Wildman–Crippen LogP) is 1.36. The molecule has 0 aliphatic carbocycles. The summed E-state index contributed by atoms with van der Waals surface area (Å²) >= 11 is 0. The van der Waals surface area contributed by atoms with E-state index in [9.17, 15) is 4.79 Å². The maximum absolute atomic E-state index is 12.1. The van der Waals surface area contributed by atoms with Crippen molar-refractivity contribution in [3.63, 3.8) is 0 Å². The van der Waals surface area contributed by atoms with Gasteiger partial charge in [0.2, 0.25) is 0 Å². The van der Waals surface area contributed by atoms with Gasteiger partial charge < -0.3 is 20.1 Å². The molecule has 0 atom stereocenters. The summed E-state index contributed by atoms with van der Waals surface area (Å²) in [5.41, 5.74) is 5.11. The van der Waals surface area contributed by atoms with Gasteiger partial charge in [-0.15, -0.1) is 0 Å². The van der Waals surface area contributed by atoms with Gasteiger partial charge in [-0.1, -0.05) is 0 Å². The zero-order valence-electron chi connectivity index (χ0n) is 11.1. The maximum Gasteiger partial charge on any atom is 0.410 e. The number of hydrogen-bond donors (Lipinski definition) is 1. The molecule has 1 aliphatic rings. The highest BCUT2D eigenvalue weighted by molar-refractivity contribution is 5.69. The van der Waals surface area contributed by atoms with Crippen LogP contribution in [0.25, 0.3) is 0 Å². The fraction of sp³-hybridized carbons (Fsp3) is 0.917. The van der Waals surface area contributed by atoms with Gasteiger partial charge in [0.1, 0.15) is 6.61 Å². The quantitative estimate of drug-likeness (QED) is 0.814. The number of rotatable bonds is 3. The lowest BCUT2D eigenvalue weighted by atomic mass is 9.99. The molecule has 2 N–H and O–H groups in total. The molecule has 100 valence electrons. The van der Waals surface area contributed by atoms with E-state index in [2.05, 4.69) is 0 Å². The van der Waals surface area contributed by atoms with Gasteiger partial charge in [0.05, 0.1) is 0 Å². The minimum absolute atomic E-state index is 0.203. The Kier molecular flexibility index (Phi) is 5.21. The summed E-state index contributed by atoms with van der Waals surface area (Å²) in [6.45, 7) is 8.11. The summed E-state index contributed by atoms with van der Waals surface area (Å²) in [4.78, 5) is 13.9. The van der Waals surface area contributed by atoms with E-state index in [-0.39, 0.29) is 24.3 Å². The van der Waals surface area contributed by atoms with Crippen molar-refractivity contribution in [1.29, 1.82) is 0 Å². The Morgan fingerprint density at radius 2 is 2.00 bits per heavy atom. The smallest absolute Gasteiger partial charge is 0.410 e. The minimum Gasteiger partial charge on any atom is -0.448 e. The van der Waals surface area contributed by atoms with E-state index in [1.807, 2.05) is 25.7 Å². The van der Waals surface area contributed by atoms with E-state index in [0.717, 1.165) is 12.8 Å². The van der Waals surface area contributed by atoms with Crippen molar-refractivity contribution < 1.29 is 14.3 Å². The molecule has 1 rings (SSSR count). The van der Waals surface area contributed by atoms with E-state index < -0.39 is 0 Å². The molecular formula is C12H24N2O3. The Morgan fingerprint density at radius 3 is 2.47 bits per heavy atom. The van der Waals surface area contributed by atoms with E-state index >= 15 is 0 Å². The van der Waals surface area contributed by atoms with Crippen molar-refractivity contribution in [3.05, 3.63) is 0 Å². The first-order chi connectivity index (χ1) is 7.96. The number of carbonyl (C=O) groups excluding carboxylic acids is 1.